The zero-order chi connectivity index (χ0) is 13.7. The van der Waals surface area contributed by atoms with Crippen molar-refractivity contribution in [2.75, 3.05) is 6.54 Å². The van der Waals surface area contributed by atoms with Gasteiger partial charge in [-0.05, 0) is 44.7 Å². The first-order chi connectivity index (χ1) is 9.22. The molecular weight excluding hydrogens is 238 g/mol. The monoisotopic (exact) mass is 261 g/mol. The molecule has 0 spiro atoms. The summed E-state index contributed by atoms with van der Waals surface area (Å²) in [4.78, 5) is 14.5. The number of amides is 1. The predicted molar refractivity (Wildman–Crippen MR) is 76.2 cm³/mol. The van der Waals surface area contributed by atoms with Crippen LogP contribution < -0.4 is 4.74 Å². The summed E-state index contributed by atoms with van der Waals surface area (Å²) >= 11 is 0. The van der Waals surface area contributed by atoms with E-state index in [1.54, 1.807) is 0 Å². The highest BCUT2D eigenvalue weighted by Gasteiger charge is 2.29. The van der Waals surface area contributed by atoms with E-state index in [2.05, 4.69) is 6.92 Å². The first kappa shape index (κ1) is 13.9. The second kappa shape index (κ2) is 6.60. The standard InChI is InChI=1S/C16H23NO2/c1-3-15(19-14-10-5-4-6-11-14)16(18)17-12-8-7-9-13(17)2/h4-6,10-11,13,15H,3,7-9,12H2,1-2H3/t13-,15+/m1/s1. The van der Waals surface area contributed by atoms with Gasteiger partial charge in [-0.1, -0.05) is 25.1 Å². The fourth-order valence-electron chi connectivity index (χ4n) is 2.58. The summed E-state index contributed by atoms with van der Waals surface area (Å²) < 4.78 is 5.84. The van der Waals surface area contributed by atoms with E-state index in [-0.39, 0.29) is 12.0 Å². The van der Waals surface area contributed by atoms with Crippen molar-refractivity contribution in [1.29, 1.82) is 0 Å². The fourth-order valence-corrected chi connectivity index (χ4v) is 2.58. The molecular formula is C16H23NO2. The number of carbonyl (C=O) groups excluding carboxylic acids is 1. The number of likely N-dealkylation sites (tertiary alicyclic amines) is 1. The molecule has 0 saturated carbocycles. The van der Waals surface area contributed by atoms with Crippen LogP contribution in [-0.4, -0.2) is 29.5 Å². The summed E-state index contributed by atoms with van der Waals surface area (Å²) in [6.07, 6.45) is 3.78. The number of carbonyl (C=O) groups is 1. The van der Waals surface area contributed by atoms with Crippen molar-refractivity contribution < 1.29 is 9.53 Å². The molecule has 104 valence electrons. The quantitative estimate of drug-likeness (QED) is 0.832. The minimum Gasteiger partial charge on any atom is -0.481 e. The van der Waals surface area contributed by atoms with Crippen LogP contribution in [0.15, 0.2) is 30.3 Å². The van der Waals surface area contributed by atoms with Gasteiger partial charge in [0.15, 0.2) is 6.10 Å². The summed E-state index contributed by atoms with van der Waals surface area (Å²) in [5, 5.41) is 0. The predicted octanol–water partition coefficient (Wildman–Crippen LogP) is 3.25. The Morgan fingerprint density at radius 2 is 2.11 bits per heavy atom. The van der Waals surface area contributed by atoms with E-state index in [0.29, 0.717) is 12.5 Å². The van der Waals surface area contributed by atoms with Gasteiger partial charge in [0.25, 0.3) is 5.91 Å². The van der Waals surface area contributed by atoms with Gasteiger partial charge in [-0.3, -0.25) is 4.79 Å². The first-order valence-corrected chi connectivity index (χ1v) is 7.24. The van der Waals surface area contributed by atoms with Gasteiger partial charge in [-0.2, -0.15) is 0 Å². The molecule has 1 aromatic rings. The molecule has 0 N–H and O–H groups in total. The topological polar surface area (TPSA) is 29.5 Å². The number of benzene rings is 1. The number of rotatable bonds is 4. The second-order valence-corrected chi connectivity index (χ2v) is 5.20. The van der Waals surface area contributed by atoms with Crippen LogP contribution in [0.25, 0.3) is 0 Å². The fraction of sp³-hybridized carbons (Fsp3) is 0.562. The molecule has 0 radical (unpaired) electrons. The van der Waals surface area contributed by atoms with Crippen molar-refractivity contribution in [3.05, 3.63) is 30.3 Å². The Morgan fingerprint density at radius 1 is 1.37 bits per heavy atom. The van der Waals surface area contributed by atoms with Crippen molar-refractivity contribution >= 4 is 5.91 Å². The number of ether oxygens (including phenoxy) is 1. The minimum atomic E-state index is -0.358. The Labute approximate surface area is 115 Å². The Bertz CT molecular complexity index is 404. The molecule has 0 aliphatic carbocycles. The average molecular weight is 261 g/mol. The van der Waals surface area contributed by atoms with Gasteiger partial charge >= 0.3 is 0 Å². The van der Waals surface area contributed by atoms with Crippen LogP contribution in [-0.2, 0) is 4.79 Å². The van der Waals surface area contributed by atoms with Gasteiger partial charge < -0.3 is 9.64 Å². The highest BCUT2D eigenvalue weighted by atomic mass is 16.5. The smallest absolute Gasteiger partial charge is 0.263 e. The lowest BCUT2D eigenvalue weighted by molar-refractivity contribution is -0.142. The maximum absolute atomic E-state index is 12.5. The highest BCUT2D eigenvalue weighted by Crippen LogP contribution is 2.20. The summed E-state index contributed by atoms with van der Waals surface area (Å²) in [6.45, 7) is 5.00. The molecule has 1 fully saturated rings. The highest BCUT2D eigenvalue weighted by molar-refractivity contribution is 5.81. The van der Waals surface area contributed by atoms with Crippen LogP contribution >= 0.6 is 0 Å². The first-order valence-electron chi connectivity index (χ1n) is 7.24. The number of para-hydroxylation sites is 1. The lowest BCUT2D eigenvalue weighted by Gasteiger charge is -2.35. The maximum Gasteiger partial charge on any atom is 0.263 e. The number of hydrogen-bond donors (Lipinski definition) is 0. The van der Waals surface area contributed by atoms with Gasteiger partial charge in [0, 0.05) is 12.6 Å². The molecule has 1 heterocycles. The summed E-state index contributed by atoms with van der Waals surface area (Å²) in [5.41, 5.74) is 0. The third-order valence-corrected chi connectivity index (χ3v) is 3.75. The SMILES string of the molecule is CC[C@H](Oc1ccccc1)C(=O)N1CCCC[C@H]1C. The van der Waals surface area contributed by atoms with Gasteiger partial charge in [-0.25, -0.2) is 0 Å². The van der Waals surface area contributed by atoms with Gasteiger partial charge in [0.2, 0.25) is 0 Å². The zero-order valence-corrected chi connectivity index (χ0v) is 11.8. The van der Waals surface area contributed by atoms with Gasteiger partial charge in [0.1, 0.15) is 5.75 Å². The van der Waals surface area contributed by atoms with E-state index in [0.717, 1.165) is 25.1 Å². The Hall–Kier alpha value is -1.51. The molecule has 19 heavy (non-hydrogen) atoms. The minimum absolute atomic E-state index is 0.138. The average Bonchev–Trinajstić information content (AvgIpc) is 2.46. The van der Waals surface area contributed by atoms with E-state index in [1.807, 2.05) is 42.2 Å². The van der Waals surface area contributed by atoms with Crippen LogP contribution in [0.5, 0.6) is 5.75 Å². The van der Waals surface area contributed by atoms with Crippen LogP contribution in [0.1, 0.15) is 39.5 Å². The number of piperidine rings is 1. The lowest BCUT2D eigenvalue weighted by Crippen LogP contribution is -2.48. The molecule has 1 saturated heterocycles. The maximum atomic E-state index is 12.5. The normalized spacial score (nSPS) is 20.9. The molecule has 2 rings (SSSR count). The largest absolute Gasteiger partial charge is 0.481 e. The van der Waals surface area contributed by atoms with Crippen LogP contribution in [0.3, 0.4) is 0 Å². The van der Waals surface area contributed by atoms with Crippen molar-refractivity contribution in [3.63, 3.8) is 0 Å². The van der Waals surface area contributed by atoms with E-state index in [4.69, 9.17) is 4.74 Å². The van der Waals surface area contributed by atoms with Crippen LogP contribution in [0.2, 0.25) is 0 Å². The van der Waals surface area contributed by atoms with E-state index in [9.17, 15) is 4.79 Å². The molecule has 0 unspecified atom stereocenters. The summed E-state index contributed by atoms with van der Waals surface area (Å²) in [7, 11) is 0. The third-order valence-electron chi connectivity index (χ3n) is 3.75. The molecule has 3 heteroatoms. The molecule has 0 bridgehead atoms. The van der Waals surface area contributed by atoms with Crippen molar-refractivity contribution in [2.45, 2.75) is 51.7 Å². The Balaban J connectivity index is 2.02. The van der Waals surface area contributed by atoms with Crippen molar-refractivity contribution in [2.24, 2.45) is 0 Å². The van der Waals surface area contributed by atoms with Crippen LogP contribution in [0, 0.1) is 0 Å². The summed E-state index contributed by atoms with van der Waals surface area (Å²) in [5.74, 6) is 0.908. The molecule has 0 aromatic heterocycles. The molecule has 1 aromatic carbocycles. The number of nitrogens with zero attached hydrogens (tertiary/aromatic N) is 1. The van der Waals surface area contributed by atoms with Gasteiger partial charge in [-0.15, -0.1) is 0 Å². The van der Waals surface area contributed by atoms with E-state index < -0.39 is 0 Å². The number of hydrogen-bond acceptors (Lipinski definition) is 2. The van der Waals surface area contributed by atoms with Gasteiger partial charge in [0.05, 0.1) is 0 Å². The third kappa shape index (κ3) is 3.49. The second-order valence-electron chi connectivity index (χ2n) is 5.20. The van der Waals surface area contributed by atoms with E-state index in [1.165, 1.54) is 6.42 Å². The molecule has 1 aliphatic heterocycles. The Kier molecular flexibility index (Phi) is 4.83. The zero-order valence-electron chi connectivity index (χ0n) is 11.8. The van der Waals surface area contributed by atoms with Crippen LogP contribution in [0.4, 0.5) is 0 Å². The summed E-state index contributed by atoms with van der Waals surface area (Å²) in [6, 6.07) is 9.94. The molecule has 1 amide bonds. The lowest BCUT2D eigenvalue weighted by atomic mass is 10.0. The van der Waals surface area contributed by atoms with Crippen molar-refractivity contribution in [1.82, 2.24) is 4.90 Å². The molecule has 1 aliphatic rings. The van der Waals surface area contributed by atoms with E-state index >= 15 is 0 Å². The molecule has 2 atom stereocenters. The van der Waals surface area contributed by atoms with Crippen molar-refractivity contribution in [3.8, 4) is 5.75 Å². The Morgan fingerprint density at radius 3 is 2.74 bits per heavy atom. The molecule has 3 nitrogen and oxygen atoms in total.